The van der Waals surface area contributed by atoms with E-state index < -0.39 is 7.92 Å². The number of halogens is 1. The summed E-state index contributed by atoms with van der Waals surface area (Å²) in [7, 11) is 3.52. The molecule has 2 fully saturated rings. The molecular formula is C38H46BrN8OP. The van der Waals surface area contributed by atoms with Crippen molar-refractivity contribution in [3.63, 3.8) is 0 Å². The van der Waals surface area contributed by atoms with Crippen LogP contribution in [0.5, 0.6) is 5.75 Å². The Labute approximate surface area is 300 Å². The minimum Gasteiger partial charge on any atom is -0.494 e. The van der Waals surface area contributed by atoms with Gasteiger partial charge >= 0.3 is 0 Å². The van der Waals surface area contributed by atoms with Crippen LogP contribution in [0, 0.1) is 11.3 Å². The summed E-state index contributed by atoms with van der Waals surface area (Å²) in [6.07, 6.45) is 5.07. The predicted molar refractivity (Wildman–Crippen MR) is 208 cm³/mol. The lowest BCUT2D eigenvalue weighted by Crippen LogP contribution is -2.52. The van der Waals surface area contributed by atoms with Crippen molar-refractivity contribution in [1.29, 1.82) is 5.26 Å². The van der Waals surface area contributed by atoms with Crippen molar-refractivity contribution in [3.8, 4) is 22.9 Å². The smallest absolute Gasteiger partial charge is 0.229 e. The van der Waals surface area contributed by atoms with Crippen LogP contribution in [0.1, 0.15) is 30.9 Å². The molecule has 3 heterocycles. The number of rotatable bonds is 10. The van der Waals surface area contributed by atoms with E-state index in [4.69, 9.17) is 9.72 Å². The van der Waals surface area contributed by atoms with E-state index in [1.807, 2.05) is 24.3 Å². The second kappa shape index (κ2) is 15.9. The van der Waals surface area contributed by atoms with Gasteiger partial charge in [-0.2, -0.15) is 10.2 Å². The van der Waals surface area contributed by atoms with Crippen LogP contribution in [-0.4, -0.2) is 92.6 Å². The molecular weight excluding hydrogens is 695 g/mol. The molecule has 0 radical (unpaired) electrons. The Hall–Kier alpha value is -3.74. The molecule has 0 saturated carbocycles. The van der Waals surface area contributed by atoms with Crippen LogP contribution < -0.4 is 25.6 Å². The first-order chi connectivity index (χ1) is 23.8. The quantitative estimate of drug-likeness (QED) is 0.161. The number of benzene rings is 3. The fraction of sp³-hybridized carbons (Fsp3) is 0.395. The number of anilines is 5. The topological polar surface area (TPSA) is 92.6 Å². The van der Waals surface area contributed by atoms with Crippen molar-refractivity contribution >= 4 is 58.0 Å². The lowest BCUT2D eigenvalue weighted by Gasteiger charge is -2.43. The number of aromatic nitrogens is 2. The van der Waals surface area contributed by atoms with Gasteiger partial charge in [-0.15, -0.1) is 0 Å². The van der Waals surface area contributed by atoms with Gasteiger partial charge in [0, 0.05) is 68.9 Å². The van der Waals surface area contributed by atoms with Gasteiger partial charge in [0.15, 0.2) is 0 Å². The number of methoxy groups -OCH3 is 1. The molecule has 0 aliphatic carbocycles. The van der Waals surface area contributed by atoms with E-state index in [2.05, 4.69) is 110 Å². The van der Waals surface area contributed by atoms with Crippen molar-refractivity contribution < 1.29 is 4.74 Å². The molecule has 0 atom stereocenters. The number of nitrogens with zero attached hydrogens (tertiary/aromatic N) is 6. The number of nitriles is 1. The van der Waals surface area contributed by atoms with Crippen molar-refractivity contribution in [3.05, 3.63) is 76.4 Å². The average Bonchev–Trinajstić information content (AvgIpc) is 3.13. The molecule has 4 aromatic rings. The first-order valence-corrected chi connectivity index (χ1v) is 20.1. The SMILES string of the molecule is CCc1cc(Nc2ncc(Br)c(Nc3ccc(-c4ccc(C#N)cc4)cc3P(C)C)n2)c(OC)cc1N1CCC(N2CCN(C)CC2)CC1. The van der Waals surface area contributed by atoms with Crippen molar-refractivity contribution in [1.82, 2.24) is 19.8 Å². The summed E-state index contributed by atoms with van der Waals surface area (Å²) in [6.45, 7) is 13.5. The first kappa shape index (κ1) is 35.1. The van der Waals surface area contributed by atoms with E-state index in [0.717, 1.165) is 52.2 Å². The van der Waals surface area contributed by atoms with Crippen LogP contribution >= 0.6 is 23.9 Å². The highest BCUT2D eigenvalue weighted by Crippen LogP contribution is 2.38. The molecule has 9 nitrogen and oxygen atoms in total. The number of piperidine rings is 1. The highest BCUT2D eigenvalue weighted by Gasteiger charge is 2.28. The van der Waals surface area contributed by atoms with Crippen molar-refractivity contribution in [2.45, 2.75) is 32.2 Å². The minimum absolute atomic E-state index is 0.428. The van der Waals surface area contributed by atoms with Gasteiger partial charge in [-0.1, -0.05) is 33.0 Å². The molecule has 6 rings (SSSR count). The lowest BCUT2D eigenvalue weighted by molar-refractivity contribution is 0.0982. The fourth-order valence-corrected chi connectivity index (χ4v) is 8.10. The molecule has 3 aromatic carbocycles. The number of aryl methyl sites for hydroxylation is 1. The van der Waals surface area contributed by atoms with Gasteiger partial charge in [0.2, 0.25) is 5.95 Å². The Morgan fingerprint density at radius 2 is 1.65 bits per heavy atom. The maximum absolute atomic E-state index is 9.19. The van der Waals surface area contributed by atoms with Gasteiger partial charge in [0.1, 0.15) is 11.6 Å². The first-order valence-electron chi connectivity index (χ1n) is 17.0. The summed E-state index contributed by atoms with van der Waals surface area (Å²) in [6, 6.07) is 21.4. The normalized spacial score (nSPS) is 16.1. The van der Waals surface area contributed by atoms with Gasteiger partial charge in [0.25, 0.3) is 0 Å². The third kappa shape index (κ3) is 8.19. The maximum Gasteiger partial charge on any atom is 0.229 e. The van der Waals surface area contributed by atoms with Gasteiger partial charge in [-0.05, 0) is 108 Å². The van der Waals surface area contributed by atoms with E-state index in [9.17, 15) is 5.26 Å². The number of nitrogens with one attached hydrogen (secondary N) is 2. The summed E-state index contributed by atoms with van der Waals surface area (Å²) < 4.78 is 6.70. The average molecular weight is 742 g/mol. The Morgan fingerprint density at radius 3 is 2.31 bits per heavy atom. The van der Waals surface area contributed by atoms with Crippen molar-refractivity contribution in [2.24, 2.45) is 0 Å². The molecule has 0 amide bonds. The van der Waals surface area contributed by atoms with E-state index in [1.165, 1.54) is 55.6 Å². The number of hydrogen-bond donors (Lipinski definition) is 2. The number of piperazine rings is 1. The second-order valence-electron chi connectivity index (χ2n) is 13.0. The Morgan fingerprint density at radius 1 is 0.939 bits per heavy atom. The molecule has 2 aliphatic rings. The monoisotopic (exact) mass is 740 g/mol. The summed E-state index contributed by atoms with van der Waals surface area (Å²) in [4.78, 5) is 17.2. The molecule has 2 N–H and O–H groups in total. The molecule has 0 unspecified atom stereocenters. The minimum atomic E-state index is -0.428. The largest absolute Gasteiger partial charge is 0.494 e. The third-order valence-corrected chi connectivity index (χ3v) is 11.6. The summed E-state index contributed by atoms with van der Waals surface area (Å²) in [5.41, 5.74) is 7.25. The molecule has 11 heteroatoms. The molecule has 2 saturated heterocycles. The zero-order valence-corrected chi connectivity index (χ0v) is 31.6. The van der Waals surface area contributed by atoms with Crippen LogP contribution in [0.3, 0.4) is 0 Å². The third-order valence-electron chi connectivity index (χ3n) is 9.71. The predicted octanol–water partition coefficient (Wildman–Crippen LogP) is 7.42. The highest BCUT2D eigenvalue weighted by atomic mass is 79.9. The Bertz CT molecular complexity index is 1800. The Kier molecular flexibility index (Phi) is 11.4. The van der Waals surface area contributed by atoms with E-state index in [-0.39, 0.29) is 0 Å². The molecule has 256 valence electrons. The molecule has 0 spiro atoms. The lowest BCUT2D eigenvalue weighted by atomic mass is 9.99. The van der Waals surface area contributed by atoms with Crippen LogP contribution in [0.2, 0.25) is 0 Å². The molecule has 1 aromatic heterocycles. The fourth-order valence-electron chi connectivity index (χ4n) is 6.80. The van der Waals surface area contributed by atoms with Gasteiger partial charge in [0.05, 0.1) is 28.9 Å². The summed E-state index contributed by atoms with van der Waals surface area (Å²) >= 11 is 3.66. The van der Waals surface area contributed by atoms with Crippen LogP contribution in [-0.2, 0) is 6.42 Å². The molecule has 0 bridgehead atoms. The standard InChI is InChI=1S/C38H46BrN8OP/c1-6-27-21-33(35(48-3)23-34(27)47-15-13-30(14-16-47)46-19-17-45(2)18-20-46)43-38-41-25-31(39)37(44-38)42-32-12-11-29(22-36(32)49(4)5)28-9-7-26(24-40)8-10-28/h7-12,21-23,25,30H,6,13-20H2,1-5H3,(H2,41,42,43,44). The molecule has 2 aliphatic heterocycles. The van der Waals surface area contributed by atoms with Gasteiger partial charge in [-0.3, -0.25) is 4.90 Å². The number of likely N-dealkylation sites (N-methyl/N-ethyl adjacent to an activating group) is 1. The summed E-state index contributed by atoms with van der Waals surface area (Å²) in [5.74, 6) is 1.94. The van der Waals surface area contributed by atoms with Crippen LogP contribution in [0.4, 0.5) is 28.8 Å². The second-order valence-corrected chi connectivity index (χ2v) is 16.2. The maximum atomic E-state index is 9.19. The zero-order chi connectivity index (χ0) is 34.5. The van der Waals surface area contributed by atoms with E-state index in [0.29, 0.717) is 23.4 Å². The molecule has 49 heavy (non-hydrogen) atoms. The van der Waals surface area contributed by atoms with Crippen LogP contribution in [0.25, 0.3) is 11.1 Å². The zero-order valence-electron chi connectivity index (χ0n) is 29.1. The Balaban J connectivity index is 1.19. The van der Waals surface area contributed by atoms with Crippen molar-refractivity contribution in [2.75, 3.05) is 82.3 Å². The number of ether oxygens (including phenoxy) is 1. The highest BCUT2D eigenvalue weighted by molar-refractivity contribution is 9.10. The van der Waals surface area contributed by atoms with Gasteiger partial charge < -0.3 is 25.2 Å². The summed E-state index contributed by atoms with van der Waals surface area (Å²) in [5, 5.41) is 17.4. The van der Waals surface area contributed by atoms with Gasteiger partial charge in [-0.25, -0.2) is 4.98 Å². The van der Waals surface area contributed by atoms with E-state index in [1.54, 1.807) is 13.3 Å². The van der Waals surface area contributed by atoms with E-state index >= 15 is 0 Å². The van der Waals surface area contributed by atoms with Crippen LogP contribution in [0.15, 0.2) is 65.3 Å². The number of hydrogen-bond acceptors (Lipinski definition) is 9.